The van der Waals surface area contributed by atoms with Gasteiger partial charge in [-0.1, -0.05) is 12.1 Å². The molecule has 4 heteroatoms. The molecule has 1 amide bonds. The zero-order chi connectivity index (χ0) is 12.4. The highest BCUT2D eigenvalue weighted by molar-refractivity contribution is 5.98. The lowest BCUT2D eigenvalue weighted by Gasteiger charge is -2.22. The van der Waals surface area contributed by atoms with E-state index in [4.69, 9.17) is 10.5 Å². The van der Waals surface area contributed by atoms with Gasteiger partial charge in [-0.25, -0.2) is 0 Å². The van der Waals surface area contributed by atoms with Crippen LogP contribution in [0.3, 0.4) is 0 Å². The van der Waals surface area contributed by atoms with Crippen molar-refractivity contribution in [1.82, 2.24) is 0 Å². The number of carbonyl (C=O) groups is 1. The molecule has 1 aliphatic rings. The first-order valence-electron chi connectivity index (χ1n) is 5.87. The van der Waals surface area contributed by atoms with Gasteiger partial charge in [0.1, 0.15) is 6.10 Å². The quantitative estimate of drug-likeness (QED) is 0.794. The Balaban J connectivity index is 2.12. The van der Waals surface area contributed by atoms with E-state index in [0.717, 1.165) is 18.5 Å². The molecule has 17 heavy (non-hydrogen) atoms. The largest absolute Gasteiger partial charge is 0.397 e. The van der Waals surface area contributed by atoms with E-state index in [1.807, 2.05) is 25.1 Å². The normalized spacial score (nSPS) is 23.6. The van der Waals surface area contributed by atoms with E-state index in [1.165, 1.54) is 0 Å². The predicted octanol–water partition coefficient (Wildman–Crippen LogP) is 1.80. The third kappa shape index (κ3) is 2.42. The van der Waals surface area contributed by atoms with E-state index in [1.54, 1.807) is 18.0 Å². The molecule has 1 saturated heterocycles. The molecule has 92 valence electrons. The molecule has 1 aromatic carbocycles. The average Bonchev–Trinajstić information content (AvgIpc) is 2.75. The second kappa shape index (κ2) is 4.75. The Labute approximate surface area is 101 Å². The molecular formula is C13H18N2O2. The molecule has 0 bridgehead atoms. The number of likely N-dealkylation sites (N-methyl/N-ethyl adjacent to an activating group) is 1. The van der Waals surface area contributed by atoms with Crippen LogP contribution in [-0.4, -0.2) is 25.2 Å². The molecule has 1 aliphatic heterocycles. The molecule has 0 radical (unpaired) electrons. The molecule has 0 saturated carbocycles. The molecule has 2 unspecified atom stereocenters. The first-order chi connectivity index (χ1) is 8.09. The molecule has 1 aromatic rings. The maximum absolute atomic E-state index is 12.2. The Morgan fingerprint density at radius 3 is 2.71 bits per heavy atom. The van der Waals surface area contributed by atoms with Gasteiger partial charge in [-0.3, -0.25) is 4.79 Å². The summed E-state index contributed by atoms with van der Waals surface area (Å²) < 4.78 is 5.57. The lowest BCUT2D eigenvalue weighted by Crippen LogP contribution is -2.36. The van der Waals surface area contributed by atoms with Gasteiger partial charge in [0.05, 0.1) is 17.5 Å². The molecule has 1 heterocycles. The third-order valence-corrected chi connectivity index (χ3v) is 3.14. The van der Waals surface area contributed by atoms with Crippen LogP contribution < -0.4 is 10.6 Å². The summed E-state index contributed by atoms with van der Waals surface area (Å²) in [5, 5.41) is 0. The number of amides is 1. The van der Waals surface area contributed by atoms with Crippen molar-refractivity contribution in [1.29, 1.82) is 0 Å². The fraction of sp³-hybridized carbons (Fsp3) is 0.462. The standard InChI is InChI=1S/C13H18N2O2/c1-9-7-8-12(17-9)13(16)15(2)11-6-4-3-5-10(11)14/h3-6,9,12H,7-8,14H2,1-2H3. The fourth-order valence-electron chi connectivity index (χ4n) is 2.11. The van der Waals surface area contributed by atoms with E-state index in [0.29, 0.717) is 5.69 Å². The van der Waals surface area contributed by atoms with Crippen molar-refractivity contribution in [2.75, 3.05) is 17.7 Å². The second-order valence-corrected chi connectivity index (χ2v) is 4.47. The number of nitrogens with zero attached hydrogens (tertiary/aromatic N) is 1. The van der Waals surface area contributed by atoms with E-state index in [9.17, 15) is 4.79 Å². The number of benzene rings is 1. The van der Waals surface area contributed by atoms with Crippen LogP contribution in [0.4, 0.5) is 11.4 Å². The summed E-state index contributed by atoms with van der Waals surface area (Å²) in [5.41, 5.74) is 7.19. The summed E-state index contributed by atoms with van der Waals surface area (Å²) in [7, 11) is 1.74. The molecule has 4 nitrogen and oxygen atoms in total. The second-order valence-electron chi connectivity index (χ2n) is 4.47. The monoisotopic (exact) mass is 234 g/mol. The molecule has 0 aliphatic carbocycles. The van der Waals surface area contributed by atoms with Gasteiger partial charge in [0.2, 0.25) is 0 Å². The van der Waals surface area contributed by atoms with Gasteiger partial charge in [0.15, 0.2) is 0 Å². The number of anilines is 2. The van der Waals surface area contributed by atoms with Gasteiger partial charge >= 0.3 is 0 Å². The van der Waals surface area contributed by atoms with Gasteiger partial charge in [-0.05, 0) is 31.9 Å². The molecule has 0 aromatic heterocycles. The van der Waals surface area contributed by atoms with E-state index in [-0.39, 0.29) is 18.1 Å². The van der Waals surface area contributed by atoms with Gasteiger partial charge in [0, 0.05) is 7.05 Å². The highest BCUT2D eigenvalue weighted by atomic mass is 16.5. The first-order valence-corrected chi connectivity index (χ1v) is 5.87. The molecule has 2 rings (SSSR count). The van der Waals surface area contributed by atoms with Crippen molar-refractivity contribution in [2.24, 2.45) is 0 Å². The number of para-hydroxylation sites is 2. The van der Waals surface area contributed by atoms with Crippen LogP contribution in [0.15, 0.2) is 24.3 Å². The SMILES string of the molecule is CC1CCC(C(=O)N(C)c2ccccc2N)O1. The van der Waals surface area contributed by atoms with E-state index >= 15 is 0 Å². The number of carbonyl (C=O) groups excluding carboxylic acids is 1. The minimum absolute atomic E-state index is 0.0211. The minimum Gasteiger partial charge on any atom is -0.397 e. The summed E-state index contributed by atoms with van der Waals surface area (Å²) in [6, 6.07) is 7.35. The summed E-state index contributed by atoms with van der Waals surface area (Å²) in [6.45, 7) is 1.99. The Morgan fingerprint density at radius 1 is 1.41 bits per heavy atom. The Hall–Kier alpha value is -1.55. The Bertz CT molecular complexity index is 420. The highest BCUT2D eigenvalue weighted by Gasteiger charge is 2.31. The number of rotatable bonds is 2. The van der Waals surface area contributed by atoms with Crippen LogP contribution in [-0.2, 0) is 9.53 Å². The first kappa shape index (κ1) is 11.9. The predicted molar refractivity (Wildman–Crippen MR) is 67.8 cm³/mol. The minimum atomic E-state index is -0.324. The molecule has 0 spiro atoms. The van der Waals surface area contributed by atoms with Crippen LogP contribution in [0, 0.1) is 0 Å². The molecule has 1 fully saturated rings. The van der Waals surface area contributed by atoms with Crippen LogP contribution >= 0.6 is 0 Å². The maximum Gasteiger partial charge on any atom is 0.255 e. The van der Waals surface area contributed by atoms with Gasteiger partial charge < -0.3 is 15.4 Å². The summed E-state index contributed by atoms with van der Waals surface area (Å²) in [4.78, 5) is 13.8. The number of hydrogen-bond donors (Lipinski definition) is 1. The summed E-state index contributed by atoms with van der Waals surface area (Å²) in [6.07, 6.45) is 1.58. The van der Waals surface area contributed by atoms with Gasteiger partial charge in [-0.2, -0.15) is 0 Å². The highest BCUT2D eigenvalue weighted by Crippen LogP contribution is 2.26. The van der Waals surface area contributed by atoms with Gasteiger partial charge in [-0.15, -0.1) is 0 Å². The van der Waals surface area contributed by atoms with Crippen LogP contribution in [0.2, 0.25) is 0 Å². The van der Waals surface area contributed by atoms with Crippen molar-refractivity contribution in [3.63, 3.8) is 0 Å². The Kier molecular flexibility index (Phi) is 3.33. The lowest BCUT2D eigenvalue weighted by molar-refractivity contribution is -0.128. The number of ether oxygens (including phenoxy) is 1. The van der Waals surface area contributed by atoms with Crippen molar-refractivity contribution < 1.29 is 9.53 Å². The lowest BCUT2D eigenvalue weighted by atomic mass is 10.1. The van der Waals surface area contributed by atoms with Crippen LogP contribution in [0.1, 0.15) is 19.8 Å². The summed E-state index contributed by atoms with van der Waals surface area (Å²) >= 11 is 0. The van der Waals surface area contributed by atoms with E-state index in [2.05, 4.69) is 0 Å². The topological polar surface area (TPSA) is 55.6 Å². The van der Waals surface area contributed by atoms with Crippen LogP contribution in [0.5, 0.6) is 0 Å². The summed E-state index contributed by atoms with van der Waals surface area (Å²) in [5.74, 6) is -0.0211. The average molecular weight is 234 g/mol. The zero-order valence-corrected chi connectivity index (χ0v) is 10.2. The molecule has 2 N–H and O–H groups in total. The zero-order valence-electron chi connectivity index (χ0n) is 10.2. The number of nitrogen functional groups attached to an aromatic ring is 1. The smallest absolute Gasteiger partial charge is 0.255 e. The van der Waals surface area contributed by atoms with Crippen molar-refractivity contribution in [3.05, 3.63) is 24.3 Å². The third-order valence-electron chi connectivity index (χ3n) is 3.14. The number of hydrogen-bond acceptors (Lipinski definition) is 3. The maximum atomic E-state index is 12.2. The van der Waals surface area contributed by atoms with Crippen molar-refractivity contribution >= 4 is 17.3 Å². The van der Waals surface area contributed by atoms with Crippen molar-refractivity contribution in [3.8, 4) is 0 Å². The van der Waals surface area contributed by atoms with Crippen LogP contribution in [0.25, 0.3) is 0 Å². The Morgan fingerprint density at radius 2 is 2.12 bits per heavy atom. The van der Waals surface area contributed by atoms with E-state index < -0.39 is 0 Å². The van der Waals surface area contributed by atoms with Gasteiger partial charge in [0.25, 0.3) is 5.91 Å². The van der Waals surface area contributed by atoms with Crippen molar-refractivity contribution in [2.45, 2.75) is 32.0 Å². The molecular weight excluding hydrogens is 216 g/mol. The fourth-order valence-corrected chi connectivity index (χ4v) is 2.11. The molecule has 2 atom stereocenters. The number of nitrogens with two attached hydrogens (primary N) is 1.